The van der Waals surface area contributed by atoms with E-state index in [1.165, 1.54) is 6.07 Å². The Kier molecular flexibility index (Phi) is 5.30. The van der Waals surface area contributed by atoms with Gasteiger partial charge in [-0.05, 0) is 48.9 Å². The lowest BCUT2D eigenvalue weighted by Gasteiger charge is -2.14. The van der Waals surface area contributed by atoms with Crippen molar-refractivity contribution in [3.8, 4) is 0 Å². The van der Waals surface area contributed by atoms with Gasteiger partial charge in [-0.1, -0.05) is 31.5 Å². The molecule has 0 saturated heterocycles. The molecule has 1 fully saturated rings. The van der Waals surface area contributed by atoms with E-state index in [2.05, 4.69) is 17.0 Å². The van der Waals surface area contributed by atoms with Crippen molar-refractivity contribution in [3.05, 3.63) is 28.8 Å². The first-order valence-corrected chi connectivity index (χ1v) is 9.27. The molecule has 6 heteroatoms. The van der Waals surface area contributed by atoms with Crippen LogP contribution in [0.25, 0.3) is 0 Å². The van der Waals surface area contributed by atoms with Crippen molar-refractivity contribution in [3.63, 3.8) is 0 Å². The fourth-order valence-electron chi connectivity index (χ4n) is 2.26. The third-order valence-corrected chi connectivity index (χ3v) is 6.00. The molecular formula is C15H23ClN2O2S. The second-order valence-electron chi connectivity index (χ2n) is 5.71. The molecule has 1 saturated carbocycles. The second-order valence-corrected chi connectivity index (χ2v) is 7.89. The zero-order valence-corrected chi connectivity index (χ0v) is 14.1. The quantitative estimate of drug-likeness (QED) is 0.770. The predicted molar refractivity (Wildman–Crippen MR) is 86.0 cm³/mol. The van der Waals surface area contributed by atoms with Crippen LogP contribution in [0.2, 0.25) is 5.02 Å². The van der Waals surface area contributed by atoms with Gasteiger partial charge in [-0.25, -0.2) is 13.1 Å². The van der Waals surface area contributed by atoms with Crippen molar-refractivity contribution in [1.82, 2.24) is 10.0 Å². The summed E-state index contributed by atoms with van der Waals surface area (Å²) in [5.74, 6) is 0. The van der Waals surface area contributed by atoms with Crippen LogP contribution >= 0.6 is 11.6 Å². The zero-order chi connectivity index (χ0) is 15.5. The van der Waals surface area contributed by atoms with Crippen LogP contribution in [0.1, 0.15) is 38.7 Å². The van der Waals surface area contributed by atoms with Crippen LogP contribution in [0.3, 0.4) is 0 Å². The van der Waals surface area contributed by atoms with Crippen LogP contribution in [-0.2, 0) is 16.6 Å². The van der Waals surface area contributed by atoms with E-state index in [0.717, 1.165) is 31.4 Å². The number of sulfonamides is 1. The highest BCUT2D eigenvalue weighted by Gasteiger charge is 2.41. The molecule has 0 amide bonds. The Morgan fingerprint density at radius 1 is 1.29 bits per heavy atom. The van der Waals surface area contributed by atoms with Crippen LogP contribution in [0.4, 0.5) is 0 Å². The fourth-order valence-corrected chi connectivity index (χ4v) is 3.76. The summed E-state index contributed by atoms with van der Waals surface area (Å²) in [5.41, 5.74) is 1.09. The second kappa shape index (κ2) is 6.65. The molecule has 118 valence electrons. The zero-order valence-electron chi connectivity index (χ0n) is 12.6. The first-order chi connectivity index (χ1) is 9.92. The van der Waals surface area contributed by atoms with Crippen LogP contribution in [0, 0.1) is 5.41 Å². The summed E-state index contributed by atoms with van der Waals surface area (Å²) in [5, 5.41) is 3.66. The number of benzene rings is 1. The lowest BCUT2D eigenvalue weighted by molar-refractivity contribution is 0.475. The first kappa shape index (κ1) is 16.7. The standard InChI is InChI=1S/C15H23ClN2O2S/c1-3-15(7-8-15)11-18-21(19,20)13-6-5-12(10-17-4-2)14(16)9-13/h5-6,9,17-18H,3-4,7-8,10-11H2,1-2H3. The molecule has 1 aromatic rings. The van der Waals surface area contributed by atoms with Crippen molar-refractivity contribution < 1.29 is 8.42 Å². The van der Waals surface area contributed by atoms with Crippen LogP contribution in [-0.4, -0.2) is 21.5 Å². The number of rotatable bonds is 8. The van der Waals surface area contributed by atoms with Gasteiger partial charge in [0.05, 0.1) is 4.90 Å². The molecule has 2 rings (SSSR count). The van der Waals surface area contributed by atoms with Crippen molar-refractivity contribution in [2.75, 3.05) is 13.1 Å². The van der Waals surface area contributed by atoms with E-state index in [4.69, 9.17) is 11.6 Å². The van der Waals surface area contributed by atoms with E-state index < -0.39 is 10.0 Å². The maximum Gasteiger partial charge on any atom is 0.240 e. The molecule has 0 aliphatic heterocycles. The van der Waals surface area contributed by atoms with E-state index in [1.807, 2.05) is 6.92 Å². The van der Waals surface area contributed by atoms with Crippen LogP contribution < -0.4 is 10.0 Å². The van der Waals surface area contributed by atoms with Gasteiger partial charge in [-0.3, -0.25) is 0 Å². The third kappa shape index (κ3) is 4.19. The normalized spacial score (nSPS) is 16.9. The van der Waals surface area contributed by atoms with Crippen molar-refractivity contribution >= 4 is 21.6 Å². The van der Waals surface area contributed by atoms with Gasteiger partial charge in [0.1, 0.15) is 0 Å². The Morgan fingerprint density at radius 2 is 2.00 bits per heavy atom. The topological polar surface area (TPSA) is 58.2 Å². The molecule has 4 nitrogen and oxygen atoms in total. The number of hydrogen-bond acceptors (Lipinski definition) is 3. The summed E-state index contributed by atoms with van der Waals surface area (Å²) in [6.45, 7) is 6.12. The molecule has 0 spiro atoms. The minimum Gasteiger partial charge on any atom is -0.313 e. The maximum atomic E-state index is 12.3. The lowest BCUT2D eigenvalue weighted by Crippen LogP contribution is -2.30. The monoisotopic (exact) mass is 330 g/mol. The van der Waals surface area contributed by atoms with Crippen molar-refractivity contribution in [1.29, 1.82) is 0 Å². The molecule has 0 unspecified atom stereocenters. The summed E-state index contributed by atoms with van der Waals surface area (Å²) >= 11 is 6.17. The van der Waals surface area contributed by atoms with Gasteiger partial charge in [0.25, 0.3) is 0 Å². The summed E-state index contributed by atoms with van der Waals surface area (Å²) in [7, 11) is -3.48. The van der Waals surface area contributed by atoms with E-state index in [0.29, 0.717) is 18.1 Å². The molecule has 0 atom stereocenters. The van der Waals surface area contributed by atoms with E-state index >= 15 is 0 Å². The SMILES string of the molecule is CCNCc1ccc(S(=O)(=O)NCC2(CC)CC2)cc1Cl. The minimum atomic E-state index is -3.48. The summed E-state index contributed by atoms with van der Waals surface area (Å²) in [6, 6.07) is 4.92. The maximum absolute atomic E-state index is 12.3. The summed E-state index contributed by atoms with van der Waals surface area (Å²) < 4.78 is 27.3. The van der Waals surface area contributed by atoms with Gasteiger partial charge < -0.3 is 5.32 Å². The Labute approximate surface area is 132 Å². The van der Waals surface area contributed by atoms with Crippen molar-refractivity contribution in [2.24, 2.45) is 5.41 Å². The molecule has 0 bridgehead atoms. The van der Waals surface area contributed by atoms with E-state index in [1.54, 1.807) is 12.1 Å². The highest BCUT2D eigenvalue weighted by molar-refractivity contribution is 7.89. The molecule has 0 heterocycles. The van der Waals surface area contributed by atoms with Gasteiger partial charge in [-0.2, -0.15) is 0 Å². The highest BCUT2D eigenvalue weighted by atomic mass is 35.5. The molecular weight excluding hydrogens is 308 g/mol. The number of nitrogens with one attached hydrogen (secondary N) is 2. The average Bonchev–Trinajstić information content (AvgIpc) is 3.25. The van der Waals surface area contributed by atoms with Gasteiger partial charge >= 0.3 is 0 Å². The average molecular weight is 331 g/mol. The van der Waals surface area contributed by atoms with Gasteiger partial charge in [-0.15, -0.1) is 0 Å². The molecule has 0 aromatic heterocycles. The molecule has 21 heavy (non-hydrogen) atoms. The Balaban J connectivity index is 2.07. The largest absolute Gasteiger partial charge is 0.313 e. The predicted octanol–water partition coefficient (Wildman–Crippen LogP) is 2.92. The van der Waals surface area contributed by atoms with Crippen LogP contribution in [0.5, 0.6) is 0 Å². The molecule has 1 aliphatic carbocycles. The van der Waals surface area contributed by atoms with Gasteiger partial charge in [0.2, 0.25) is 10.0 Å². The molecule has 1 aliphatic rings. The molecule has 0 radical (unpaired) electrons. The Morgan fingerprint density at radius 3 is 2.52 bits per heavy atom. The fraction of sp³-hybridized carbons (Fsp3) is 0.600. The lowest BCUT2D eigenvalue weighted by atomic mass is 10.1. The first-order valence-electron chi connectivity index (χ1n) is 7.41. The number of halogens is 1. The minimum absolute atomic E-state index is 0.182. The third-order valence-electron chi connectivity index (χ3n) is 4.24. The summed E-state index contributed by atoms with van der Waals surface area (Å²) in [6.07, 6.45) is 3.22. The highest BCUT2D eigenvalue weighted by Crippen LogP contribution is 2.48. The Hall–Kier alpha value is -0.620. The summed E-state index contributed by atoms with van der Waals surface area (Å²) in [4.78, 5) is 0.236. The van der Waals surface area contributed by atoms with Gasteiger partial charge in [0, 0.05) is 18.1 Å². The smallest absolute Gasteiger partial charge is 0.240 e. The van der Waals surface area contributed by atoms with Crippen LogP contribution in [0.15, 0.2) is 23.1 Å². The van der Waals surface area contributed by atoms with E-state index in [-0.39, 0.29) is 10.3 Å². The number of hydrogen-bond donors (Lipinski definition) is 2. The van der Waals surface area contributed by atoms with E-state index in [9.17, 15) is 8.42 Å². The van der Waals surface area contributed by atoms with Crippen molar-refractivity contribution in [2.45, 2.75) is 44.6 Å². The van der Waals surface area contributed by atoms with Gasteiger partial charge in [0.15, 0.2) is 0 Å². The molecule has 1 aromatic carbocycles. The molecule has 2 N–H and O–H groups in total. The Bertz CT molecular complexity index is 598.